The third-order valence-corrected chi connectivity index (χ3v) is 1.66. The van der Waals surface area contributed by atoms with E-state index in [0.717, 1.165) is 6.54 Å². The zero-order chi connectivity index (χ0) is 10.3. The van der Waals surface area contributed by atoms with Crippen molar-refractivity contribution < 1.29 is 9.84 Å². The van der Waals surface area contributed by atoms with E-state index in [9.17, 15) is 0 Å². The number of hydrogen-bond acceptors (Lipinski definition) is 4. The third kappa shape index (κ3) is 6.80. The van der Waals surface area contributed by atoms with Crippen LogP contribution in [0.5, 0.6) is 0 Å². The smallest absolute Gasteiger partial charge is 0.257 e. The van der Waals surface area contributed by atoms with E-state index in [0.29, 0.717) is 6.54 Å². The summed E-state index contributed by atoms with van der Waals surface area (Å²) in [7, 11) is 7.01. The Morgan fingerprint density at radius 1 is 1.62 bits per heavy atom. The molecule has 0 aliphatic rings. The standard InChI is InChI=1S/C7H15BN2O2S/c1-5(6(8)11)12-7(13)10-4-3-9-2/h5-6,9,11H,3-4H2,1-2H3,(H,10,13). The van der Waals surface area contributed by atoms with Crippen molar-refractivity contribution in [2.45, 2.75) is 19.0 Å². The molecule has 0 aromatic rings. The van der Waals surface area contributed by atoms with Gasteiger partial charge in [0, 0.05) is 19.1 Å². The van der Waals surface area contributed by atoms with Gasteiger partial charge >= 0.3 is 0 Å². The summed E-state index contributed by atoms with van der Waals surface area (Å²) in [6, 6.07) is -1.01. The predicted octanol–water partition coefficient (Wildman–Crippen LogP) is -1.03. The molecule has 13 heavy (non-hydrogen) atoms. The molecule has 4 nitrogen and oxygen atoms in total. The monoisotopic (exact) mass is 202 g/mol. The molecule has 0 aromatic heterocycles. The second-order valence-electron chi connectivity index (χ2n) is 2.63. The van der Waals surface area contributed by atoms with Crippen LogP contribution in [-0.2, 0) is 4.74 Å². The highest BCUT2D eigenvalue weighted by Crippen LogP contribution is 1.94. The zero-order valence-corrected chi connectivity index (χ0v) is 8.73. The summed E-state index contributed by atoms with van der Waals surface area (Å²) in [5.74, 6) is 0. The van der Waals surface area contributed by atoms with Gasteiger partial charge < -0.3 is 20.5 Å². The maximum Gasteiger partial charge on any atom is 0.257 e. The zero-order valence-electron chi connectivity index (χ0n) is 7.91. The van der Waals surface area contributed by atoms with Gasteiger partial charge in [-0.1, -0.05) is 0 Å². The van der Waals surface area contributed by atoms with E-state index < -0.39 is 12.1 Å². The summed E-state index contributed by atoms with van der Waals surface area (Å²) in [6.07, 6.45) is -0.491. The largest absolute Gasteiger partial charge is 0.466 e. The Labute approximate surface area is 85.4 Å². The van der Waals surface area contributed by atoms with Crippen molar-refractivity contribution >= 4 is 25.2 Å². The van der Waals surface area contributed by atoms with Crippen LogP contribution in [0.2, 0.25) is 0 Å². The number of nitrogens with one attached hydrogen (secondary N) is 2. The number of ether oxygens (including phenoxy) is 1. The molecule has 74 valence electrons. The van der Waals surface area contributed by atoms with E-state index in [1.54, 1.807) is 6.92 Å². The van der Waals surface area contributed by atoms with Crippen molar-refractivity contribution in [3.05, 3.63) is 0 Å². The van der Waals surface area contributed by atoms with Crippen molar-refractivity contribution in [2.75, 3.05) is 20.1 Å². The van der Waals surface area contributed by atoms with Crippen LogP contribution in [0.3, 0.4) is 0 Å². The van der Waals surface area contributed by atoms with E-state index in [4.69, 9.17) is 29.9 Å². The topological polar surface area (TPSA) is 53.5 Å². The first kappa shape index (κ1) is 12.7. The molecule has 0 aliphatic carbocycles. The van der Waals surface area contributed by atoms with Gasteiger partial charge in [-0.05, 0) is 26.2 Å². The molecule has 2 unspecified atom stereocenters. The summed E-state index contributed by atoms with van der Waals surface area (Å²) >= 11 is 4.84. The summed E-state index contributed by atoms with van der Waals surface area (Å²) in [5.41, 5.74) is 0. The minimum absolute atomic E-state index is 0.257. The predicted molar refractivity (Wildman–Crippen MR) is 56.8 cm³/mol. The SMILES string of the molecule is [B]C(O)C(C)OC(=S)NCCNC. The molecule has 0 amide bonds. The number of aliphatic hydroxyl groups excluding tert-OH is 1. The Morgan fingerprint density at radius 2 is 2.23 bits per heavy atom. The minimum atomic E-state index is -1.01. The van der Waals surface area contributed by atoms with Gasteiger partial charge in [-0.15, -0.1) is 0 Å². The fourth-order valence-corrected chi connectivity index (χ4v) is 0.824. The number of likely N-dealkylation sites (N-methyl/N-ethyl adjacent to an activating group) is 1. The lowest BCUT2D eigenvalue weighted by atomic mass is 9.96. The van der Waals surface area contributed by atoms with E-state index in [2.05, 4.69) is 10.6 Å². The van der Waals surface area contributed by atoms with Crippen molar-refractivity contribution in [3.8, 4) is 0 Å². The van der Waals surface area contributed by atoms with Crippen LogP contribution < -0.4 is 10.6 Å². The normalized spacial score (nSPS) is 14.7. The molecule has 0 rings (SSSR count). The van der Waals surface area contributed by atoms with E-state index >= 15 is 0 Å². The van der Waals surface area contributed by atoms with Crippen LogP contribution in [0.15, 0.2) is 0 Å². The number of hydrogen-bond donors (Lipinski definition) is 3. The first-order valence-electron chi connectivity index (χ1n) is 4.10. The highest BCUT2D eigenvalue weighted by atomic mass is 32.1. The van der Waals surface area contributed by atoms with Crippen LogP contribution in [-0.4, -0.2) is 50.4 Å². The van der Waals surface area contributed by atoms with E-state index in [-0.39, 0.29) is 5.17 Å². The number of aliphatic hydroxyl groups is 1. The first-order valence-corrected chi connectivity index (χ1v) is 4.51. The molecule has 2 atom stereocenters. The summed E-state index contributed by atoms with van der Waals surface area (Å²) in [4.78, 5) is 0. The second kappa shape index (κ2) is 7.11. The molecule has 2 radical (unpaired) electrons. The Kier molecular flexibility index (Phi) is 6.94. The maximum absolute atomic E-state index is 8.89. The summed E-state index contributed by atoms with van der Waals surface area (Å²) in [6.45, 7) is 3.13. The summed E-state index contributed by atoms with van der Waals surface area (Å²) < 4.78 is 5.08. The molecular weight excluding hydrogens is 187 g/mol. The molecule has 3 N–H and O–H groups in total. The lowest BCUT2D eigenvalue weighted by Crippen LogP contribution is -2.36. The Hall–Kier alpha value is -0.325. The second-order valence-corrected chi connectivity index (χ2v) is 3.00. The molecule has 0 aromatic carbocycles. The van der Waals surface area contributed by atoms with Crippen LogP contribution in [0, 0.1) is 0 Å². The molecule has 0 spiro atoms. The number of thiocarbonyl (C=S) groups is 1. The molecule has 0 heterocycles. The Morgan fingerprint density at radius 3 is 2.69 bits per heavy atom. The third-order valence-electron chi connectivity index (χ3n) is 1.42. The van der Waals surface area contributed by atoms with Crippen LogP contribution >= 0.6 is 12.2 Å². The molecule has 0 bridgehead atoms. The van der Waals surface area contributed by atoms with Crippen LogP contribution in [0.25, 0.3) is 0 Å². The summed E-state index contributed by atoms with van der Waals surface area (Å²) in [5, 5.41) is 14.9. The maximum atomic E-state index is 8.89. The molecule has 0 fully saturated rings. The lowest BCUT2D eigenvalue weighted by Gasteiger charge is -2.18. The highest BCUT2D eigenvalue weighted by Gasteiger charge is 2.10. The van der Waals surface area contributed by atoms with Gasteiger partial charge in [0.1, 0.15) is 14.0 Å². The Bertz CT molecular complexity index is 157. The number of rotatable bonds is 5. The van der Waals surface area contributed by atoms with Crippen LogP contribution in [0.4, 0.5) is 0 Å². The van der Waals surface area contributed by atoms with Gasteiger partial charge in [0.25, 0.3) is 5.17 Å². The molecular formula is C7H15BN2O2S. The quantitative estimate of drug-likeness (QED) is 0.302. The van der Waals surface area contributed by atoms with Crippen molar-refractivity contribution in [1.82, 2.24) is 10.6 Å². The molecule has 0 saturated carbocycles. The van der Waals surface area contributed by atoms with Gasteiger partial charge in [-0.3, -0.25) is 0 Å². The van der Waals surface area contributed by atoms with E-state index in [1.807, 2.05) is 7.05 Å². The molecule has 0 saturated heterocycles. The Balaban J connectivity index is 3.50. The molecule has 0 aliphatic heterocycles. The fraction of sp³-hybridized carbons (Fsp3) is 0.857. The van der Waals surface area contributed by atoms with Crippen molar-refractivity contribution in [3.63, 3.8) is 0 Å². The molecule has 6 heteroatoms. The highest BCUT2D eigenvalue weighted by molar-refractivity contribution is 7.80. The average Bonchev–Trinajstić information content (AvgIpc) is 2.04. The van der Waals surface area contributed by atoms with Gasteiger partial charge in [-0.25, -0.2) is 0 Å². The van der Waals surface area contributed by atoms with Crippen molar-refractivity contribution in [2.24, 2.45) is 0 Å². The lowest BCUT2D eigenvalue weighted by molar-refractivity contribution is 0.0908. The fourth-order valence-electron chi connectivity index (χ4n) is 0.570. The van der Waals surface area contributed by atoms with E-state index in [1.165, 1.54) is 0 Å². The first-order chi connectivity index (χ1) is 6.07. The van der Waals surface area contributed by atoms with Crippen molar-refractivity contribution in [1.29, 1.82) is 0 Å². The van der Waals surface area contributed by atoms with Gasteiger partial charge in [0.05, 0.1) is 0 Å². The minimum Gasteiger partial charge on any atom is -0.466 e. The van der Waals surface area contributed by atoms with Crippen LogP contribution in [0.1, 0.15) is 6.92 Å². The van der Waals surface area contributed by atoms with Gasteiger partial charge in [0.2, 0.25) is 0 Å². The van der Waals surface area contributed by atoms with Gasteiger partial charge in [0.15, 0.2) is 0 Å². The van der Waals surface area contributed by atoms with Gasteiger partial charge in [-0.2, -0.15) is 0 Å². The average molecular weight is 202 g/mol.